The molecule has 14 heavy (non-hydrogen) atoms. The molecular weight excluding hydrogens is 204 g/mol. The largest absolute Gasteiger partial charge is 0.305 e. The normalized spacial score (nSPS) is 11.9. The standard InChI is InChI=1S/C11H22OSi2/c1-7-11(12)14(5,6)10-8-9-13(2,3)4/h7,10H2,1-6H3. The van der Waals surface area contributed by atoms with Crippen LogP contribution in [0.15, 0.2) is 0 Å². The third-order valence-electron chi connectivity index (χ3n) is 2.07. The van der Waals surface area contributed by atoms with Crippen molar-refractivity contribution in [2.75, 3.05) is 0 Å². The highest BCUT2D eigenvalue weighted by molar-refractivity contribution is 7.04. The molecule has 0 rings (SSSR count). The molecule has 0 atom stereocenters. The van der Waals surface area contributed by atoms with E-state index in [9.17, 15) is 4.79 Å². The summed E-state index contributed by atoms with van der Waals surface area (Å²) in [6.45, 7) is 12.9. The molecule has 0 amide bonds. The molecule has 0 N–H and O–H groups in total. The molecule has 0 aliphatic heterocycles. The second-order valence-electron chi connectivity index (χ2n) is 5.39. The summed E-state index contributed by atoms with van der Waals surface area (Å²) in [4.78, 5) is 11.6. The summed E-state index contributed by atoms with van der Waals surface area (Å²) >= 11 is 0. The van der Waals surface area contributed by atoms with E-state index in [4.69, 9.17) is 0 Å². The fourth-order valence-electron chi connectivity index (χ4n) is 1.11. The van der Waals surface area contributed by atoms with Gasteiger partial charge in [-0.05, 0) is 6.42 Å². The molecule has 0 aromatic heterocycles. The summed E-state index contributed by atoms with van der Waals surface area (Å²) in [6.07, 6.45) is 0.674. The number of hydrogen-bond acceptors (Lipinski definition) is 1. The summed E-state index contributed by atoms with van der Waals surface area (Å²) in [5, 5.41) is 0.447. The third-order valence-corrected chi connectivity index (χ3v) is 5.92. The van der Waals surface area contributed by atoms with E-state index in [1.807, 2.05) is 6.92 Å². The second-order valence-corrected chi connectivity index (χ2v) is 14.8. The topological polar surface area (TPSA) is 17.1 Å². The molecule has 0 saturated heterocycles. The van der Waals surface area contributed by atoms with Gasteiger partial charge in [0, 0.05) is 6.04 Å². The molecule has 0 saturated carbocycles. The van der Waals surface area contributed by atoms with E-state index in [2.05, 4.69) is 44.2 Å². The molecular formula is C11H22OSi2. The Balaban J connectivity index is 4.37. The number of rotatable bonds is 3. The van der Waals surface area contributed by atoms with Crippen molar-refractivity contribution in [3.05, 3.63) is 0 Å². The van der Waals surface area contributed by atoms with Crippen molar-refractivity contribution in [1.29, 1.82) is 0 Å². The van der Waals surface area contributed by atoms with E-state index in [0.717, 1.165) is 6.04 Å². The average Bonchev–Trinajstić information content (AvgIpc) is 2.00. The molecule has 0 radical (unpaired) electrons. The van der Waals surface area contributed by atoms with Gasteiger partial charge in [0.1, 0.15) is 21.6 Å². The van der Waals surface area contributed by atoms with E-state index < -0.39 is 16.1 Å². The fraction of sp³-hybridized carbons (Fsp3) is 0.727. The lowest BCUT2D eigenvalue weighted by Crippen LogP contribution is -2.36. The Morgan fingerprint density at radius 1 is 1.14 bits per heavy atom. The van der Waals surface area contributed by atoms with Crippen LogP contribution in [-0.4, -0.2) is 21.6 Å². The first kappa shape index (κ1) is 13.7. The Morgan fingerprint density at radius 3 is 2.00 bits per heavy atom. The predicted molar refractivity (Wildman–Crippen MR) is 68.7 cm³/mol. The van der Waals surface area contributed by atoms with Gasteiger partial charge in [-0.1, -0.05) is 39.7 Å². The molecule has 80 valence electrons. The maximum Gasteiger partial charge on any atom is 0.138 e. The minimum atomic E-state index is -1.70. The Labute approximate surface area is 90.3 Å². The van der Waals surface area contributed by atoms with E-state index in [1.165, 1.54) is 0 Å². The summed E-state index contributed by atoms with van der Waals surface area (Å²) in [5.74, 6) is 3.23. The van der Waals surface area contributed by atoms with Crippen molar-refractivity contribution in [2.45, 2.75) is 52.1 Å². The third kappa shape index (κ3) is 5.41. The Morgan fingerprint density at radius 2 is 1.64 bits per heavy atom. The molecule has 0 spiro atoms. The van der Waals surface area contributed by atoms with E-state index >= 15 is 0 Å². The quantitative estimate of drug-likeness (QED) is 0.534. The van der Waals surface area contributed by atoms with Crippen molar-refractivity contribution >= 4 is 21.6 Å². The minimum Gasteiger partial charge on any atom is -0.305 e. The highest BCUT2D eigenvalue weighted by Gasteiger charge is 2.27. The van der Waals surface area contributed by atoms with Crippen LogP contribution in [0.1, 0.15) is 13.3 Å². The van der Waals surface area contributed by atoms with Crippen LogP contribution in [0.3, 0.4) is 0 Å². The smallest absolute Gasteiger partial charge is 0.138 e. The summed E-state index contributed by atoms with van der Waals surface area (Å²) < 4.78 is 0. The molecule has 0 unspecified atom stereocenters. The van der Waals surface area contributed by atoms with Gasteiger partial charge < -0.3 is 4.79 Å². The molecule has 0 bridgehead atoms. The Kier molecular flexibility index (Phi) is 4.83. The summed E-state index contributed by atoms with van der Waals surface area (Å²) in [6, 6.07) is 0.837. The van der Waals surface area contributed by atoms with E-state index in [-0.39, 0.29) is 0 Å². The first-order chi connectivity index (χ1) is 6.19. The van der Waals surface area contributed by atoms with Crippen LogP contribution < -0.4 is 0 Å². The van der Waals surface area contributed by atoms with Gasteiger partial charge in [-0.3, -0.25) is 0 Å². The van der Waals surface area contributed by atoms with Gasteiger partial charge in [-0.25, -0.2) is 0 Å². The monoisotopic (exact) mass is 226 g/mol. The van der Waals surface area contributed by atoms with Gasteiger partial charge in [0.05, 0.1) is 0 Å². The summed E-state index contributed by atoms with van der Waals surface area (Å²) in [5.41, 5.74) is 3.33. The van der Waals surface area contributed by atoms with Gasteiger partial charge >= 0.3 is 0 Å². The van der Waals surface area contributed by atoms with Gasteiger partial charge in [0.25, 0.3) is 0 Å². The van der Waals surface area contributed by atoms with Crippen molar-refractivity contribution in [1.82, 2.24) is 0 Å². The van der Waals surface area contributed by atoms with Crippen LogP contribution in [0.5, 0.6) is 0 Å². The number of carbonyl (C=O) groups excluding carboxylic acids is 1. The molecule has 3 heteroatoms. The molecule has 0 aliphatic carbocycles. The highest BCUT2D eigenvalue weighted by Crippen LogP contribution is 2.11. The average molecular weight is 226 g/mol. The minimum absolute atomic E-state index is 0.447. The maximum atomic E-state index is 11.6. The van der Waals surface area contributed by atoms with Gasteiger partial charge in [0.15, 0.2) is 0 Å². The van der Waals surface area contributed by atoms with Crippen LogP contribution >= 0.6 is 0 Å². The maximum absolute atomic E-state index is 11.6. The zero-order valence-corrected chi connectivity index (χ0v) is 12.3. The van der Waals surface area contributed by atoms with Crippen molar-refractivity contribution in [3.63, 3.8) is 0 Å². The molecule has 0 fully saturated rings. The molecule has 0 heterocycles. The highest BCUT2D eigenvalue weighted by atomic mass is 28.3. The Bertz CT molecular complexity index is 263. The van der Waals surface area contributed by atoms with Crippen LogP contribution in [-0.2, 0) is 4.79 Å². The SMILES string of the molecule is CCC(=O)[Si](C)(C)CC#C[Si](C)(C)C. The first-order valence-corrected chi connectivity index (χ1v) is 11.9. The van der Waals surface area contributed by atoms with Crippen LogP contribution in [0.4, 0.5) is 0 Å². The van der Waals surface area contributed by atoms with Gasteiger partial charge in [-0.2, -0.15) is 0 Å². The molecule has 1 nitrogen and oxygen atoms in total. The lowest BCUT2D eigenvalue weighted by Gasteiger charge is -2.16. The zero-order valence-electron chi connectivity index (χ0n) is 10.3. The second kappa shape index (κ2) is 4.95. The van der Waals surface area contributed by atoms with E-state index in [0.29, 0.717) is 11.8 Å². The number of hydrogen-bond donors (Lipinski definition) is 0. The zero-order chi connectivity index (χ0) is 11.4. The predicted octanol–water partition coefficient (Wildman–Crippen LogP) is 3.09. The lowest BCUT2D eigenvalue weighted by atomic mass is 10.6. The van der Waals surface area contributed by atoms with Crippen LogP contribution in [0.25, 0.3) is 0 Å². The summed E-state index contributed by atoms with van der Waals surface area (Å²) in [7, 11) is -2.95. The first-order valence-electron chi connectivity index (χ1n) is 5.22. The van der Waals surface area contributed by atoms with Gasteiger partial charge in [-0.15, -0.1) is 11.5 Å². The molecule has 0 aliphatic rings. The molecule has 0 aromatic rings. The van der Waals surface area contributed by atoms with Crippen molar-refractivity contribution < 1.29 is 4.79 Å². The van der Waals surface area contributed by atoms with Crippen LogP contribution in [0.2, 0.25) is 38.8 Å². The van der Waals surface area contributed by atoms with Crippen molar-refractivity contribution in [3.8, 4) is 11.5 Å². The van der Waals surface area contributed by atoms with Gasteiger partial charge in [0.2, 0.25) is 0 Å². The molecule has 0 aromatic carbocycles. The lowest BCUT2D eigenvalue weighted by molar-refractivity contribution is -0.112. The van der Waals surface area contributed by atoms with E-state index in [1.54, 1.807) is 0 Å². The fourth-order valence-corrected chi connectivity index (χ4v) is 3.59. The number of carbonyl (C=O) groups is 1. The van der Waals surface area contributed by atoms with Crippen molar-refractivity contribution in [2.24, 2.45) is 0 Å². The van der Waals surface area contributed by atoms with Crippen LogP contribution in [0, 0.1) is 11.5 Å². The Hall–Kier alpha value is -0.336.